The van der Waals surface area contributed by atoms with Crippen LogP contribution in [-0.4, -0.2) is 18.1 Å². The van der Waals surface area contributed by atoms with E-state index < -0.39 is 0 Å². The third kappa shape index (κ3) is 1.41. The van der Waals surface area contributed by atoms with Gasteiger partial charge in [0.1, 0.15) is 0 Å². The molecule has 0 heterocycles. The Morgan fingerprint density at radius 2 is 1.94 bits per heavy atom. The van der Waals surface area contributed by atoms with Crippen LogP contribution in [0.3, 0.4) is 0 Å². The van der Waals surface area contributed by atoms with Crippen molar-refractivity contribution >= 4 is 5.97 Å². The van der Waals surface area contributed by atoms with Crippen LogP contribution < -0.4 is 5.73 Å². The molecule has 0 aromatic carbocycles. The average Bonchev–Trinajstić information content (AvgIpc) is 2.14. The molecule has 4 aliphatic rings. The quantitative estimate of drug-likeness (QED) is 0.725. The normalized spacial score (nSPS) is 49.4. The topological polar surface area (TPSA) is 52.3 Å². The van der Waals surface area contributed by atoms with Gasteiger partial charge in [0, 0.05) is 5.54 Å². The number of carbonyl (C=O) groups is 1. The molecule has 3 heteroatoms. The highest BCUT2D eigenvalue weighted by molar-refractivity contribution is 5.75. The van der Waals surface area contributed by atoms with Gasteiger partial charge in [-0.1, -0.05) is 0 Å². The Kier molecular flexibility index (Phi) is 2.29. The van der Waals surface area contributed by atoms with Gasteiger partial charge in [-0.15, -0.1) is 0 Å². The van der Waals surface area contributed by atoms with Crippen molar-refractivity contribution in [2.45, 2.75) is 44.6 Å². The van der Waals surface area contributed by atoms with Gasteiger partial charge < -0.3 is 10.5 Å². The summed E-state index contributed by atoms with van der Waals surface area (Å²) in [7, 11) is 0. The van der Waals surface area contributed by atoms with Crippen LogP contribution >= 0.6 is 0 Å². The van der Waals surface area contributed by atoms with Crippen molar-refractivity contribution in [1.82, 2.24) is 0 Å². The number of carbonyl (C=O) groups excluding carboxylic acids is 1. The molecule has 3 unspecified atom stereocenters. The summed E-state index contributed by atoms with van der Waals surface area (Å²) >= 11 is 0. The lowest BCUT2D eigenvalue weighted by atomic mass is 9.48. The minimum atomic E-state index is -0.235. The molecule has 3 nitrogen and oxygen atoms in total. The maximum atomic E-state index is 12.0. The van der Waals surface area contributed by atoms with Crippen LogP contribution in [0.15, 0.2) is 0 Å². The first-order valence-corrected chi connectivity index (χ1v) is 6.58. The maximum Gasteiger partial charge on any atom is 0.311 e. The first-order valence-electron chi connectivity index (χ1n) is 6.58. The van der Waals surface area contributed by atoms with Crippen molar-refractivity contribution < 1.29 is 9.53 Å². The molecule has 0 radical (unpaired) electrons. The van der Waals surface area contributed by atoms with E-state index >= 15 is 0 Å². The molecule has 4 rings (SSSR count). The fourth-order valence-corrected chi connectivity index (χ4v) is 4.76. The van der Waals surface area contributed by atoms with Crippen LogP contribution in [0.25, 0.3) is 0 Å². The van der Waals surface area contributed by atoms with Gasteiger partial charge in [0.25, 0.3) is 0 Å². The zero-order valence-corrected chi connectivity index (χ0v) is 9.95. The molecule has 0 spiro atoms. The minimum Gasteiger partial charge on any atom is -0.466 e. The lowest BCUT2D eigenvalue weighted by molar-refractivity contribution is -0.164. The molecule has 90 valence electrons. The molecule has 16 heavy (non-hydrogen) atoms. The second kappa shape index (κ2) is 3.46. The third-order valence-electron chi connectivity index (χ3n) is 4.91. The summed E-state index contributed by atoms with van der Waals surface area (Å²) in [6.45, 7) is 2.35. The lowest BCUT2D eigenvalue weighted by Crippen LogP contribution is -2.64. The zero-order valence-electron chi connectivity index (χ0n) is 9.95. The van der Waals surface area contributed by atoms with E-state index in [1.807, 2.05) is 6.92 Å². The predicted molar refractivity (Wildman–Crippen MR) is 60.6 cm³/mol. The second-order valence-electron chi connectivity index (χ2n) is 6.07. The van der Waals surface area contributed by atoms with Crippen LogP contribution in [0, 0.1) is 23.7 Å². The molecule has 0 aromatic rings. The number of ether oxygens (including phenoxy) is 1. The molecule has 3 atom stereocenters. The van der Waals surface area contributed by atoms with Gasteiger partial charge in [-0.05, 0) is 56.8 Å². The summed E-state index contributed by atoms with van der Waals surface area (Å²) in [5.74, 6) is 2.03. The molecule has 4 saturated carbocycles. The highest BCUT2D eigenvalue weighted by atomic mass is 16.5. The van der Waals surface area contributed by atoms with E-state index in [1.165, 1.54) is 19.3 Å². The average molecular weight is 223 g/mol. The highest BCUT2D eigenvalue weighted by Crippen LogP contribution is 2.57. The summed E-state index contributed by atoms with van der Waals surface area (Å²) in [5, 5.41) is 0. The Morgan fingerprint density at radius 1 is 1.31 bits per heavy atom. The van der Waals surface area contributed by atoms with Crippen LogP contribution in [0.2, 0.25) is 0 Å². The molecule has 2 N–H and O–H groups in total. The maximum absolute atomic E-state index is 12.0. The summed E-state index contributed by atoms with van der Waals surface area (Å²) in [5.41, 5.74) is 6.26. The predicted octanol–water partition coefficient (Wildman–Crippen LogP) is 1.70. The fraction of sp³-hybridized carbons (Fsp3) is 0.923. The van der Waals surface area contributed by atoms with Gasteiger partial charge in [-0.3, -0.25) is 4.79 Å². The Bertz CT molecular complexity index is 301. The molecule has 0 aromatic heterocycles. The minimum absolute atomic E-state index is 0.0137. The summed E-state index contributed by atoms with van der Waals surface area (Å²) < 4.78 is 5.21. The largest absolute Gasteiger partial charge is 0.466 e. The van der Waals surface area contributed by atoms with Crippen LogP contribution in [0.4, 0.5) is 0 Å². The summed E-state index contributed by atoms with van der Waals surface area (Å²) in [6, 6.07) is 0. The van der Waals surface area contributed by atoms with E-state index in [0.29, 0.717) is 12.5 Å². The van der Waals surface area contributed by atoms with Crippen molar-refractivity contribution in [3.05, 3.63) is 0 Å². The molecular formula is C13H21NO2. The third-order valence-corrected chi connectivity index (χ3v) is 4.91. The molecule has 0 saturated heterocycles. The van der Waals surface area contributed by atoms with E-state index in [4.69, 9.17) is 10.5 Å². The molecular weight excluding hydrogens is 202 g/mol. The van der Waals surface area contributed by atoms with Crippen molar-refractivity contribution in [3.8, 4) is 0 Å². The molecule has 0 aliphatic heterocycles. The number of rotatable bonds is 2. The SMILES string of the molecule is CCOC(=O)C1C2CC3CC(C2)CC1(N)C3. The van der Waals surface area contributed by atoms with Crippen molar-refractivity contribution in [2.24, 2.45) is 29.4 Å². The number of hydrogen-bond donors (Lipinski definition) is 1. The monoisotopic (exact) mass is 223 g/mol. The number of hydrogen-bond acceptors (Lipinski definition) is 3. The Balaban J connectivity index is 1.86. The lowest BCUT2D eigenvalue weighted by Gasteiger charge is -2.58. The van der Waals surface area contributed by atoms with E-state index in [0.717, 1.165) is 24.7 Å². The van der Waals surface area contributed by atoms with E-state index in [2.05, 4.69) is 0 Å². The Labute approximate surface area is 96.7 Å². The van der Waals surface area contributed by atoms with Crippen molar-refractivity contribution in [1.29, 1.82) is 0 Å². The fourth-order valence-electron chi connectivity index (χ4n) is 4.76. The van der Waals surface area contributed by atoms with E-state index in [1.54, 1.807) is 0 Å². The highest BCUT2D eigenvalue weighted by Gasteiger charge is 2.58. The van der Waals surface area contributed by atoms with Gasteiger partial charge in [0.05, 0.1) is 12.5 Å². The van der Waals surface area contributed by atoms with Crippen molar-refractivity contribution in [2.75, 3.05) is 6.61 Å². The Hall–Kier alpha value is -0.570. The van der Waals surface area contributed by atoms with Gasteiger partial charge in [-0.2, -0.15) is 0 Å². The molecule has 4 bridgehead atoms. The molecule has 4 aliphatic carbocycles. The van der Waals surface area contributed by atoms with Gasteiger partial charge in [-0.25, -0.2) is 0 Å². The molecule has 0 amide bonds. The van der Waals surface area contributed by atoms with Gasteiger partial charge in [0.15, 0.2) is 0 Å². The summed E-state index contributed by atoms with van der Waals surface area (Å²) in [6.07, 6.45) is 5.86. The standard InChI is InChI=1S/C13H21NO2/c1-2-16-12(15)11-10-4-8-3-9(5-10)7-13(11,14)6-8/h8-11H,2-7,14H2,1H3. The summed E-state index contributed by atoms with van der Waals surface area (Å²) in [4.78, 5) is 12.0. The smallest absolute Gasteiger partial charge is 0.311 e. The van der Waals surface area contributed by atoms with E-state index in [-0.39, 0.29) is 17.4 Å². The van der Waals surface area contributed by atoms with Crippen LogP contribution in [-0.2, 0) is 9.53 Å². The first kappa shape index (κ1) is 10.6. The number of nitrogens with two attached hydrogens (primary N) is 1. The molecule has 4 fully saturated rings. The number of esters is 1. The van der Waals surface area contributed by atoms with Crippen LogP contribution in [0.5, 0.6) is 0 Å². The Morgan fingerprint density at radius 3 is 2.44 bits per heavy atom. The van der Waals surface area contributed by atoms with Crippen molar-refractivity contribution in [3.63, 3.8) is 0 Å². The van der Waals surface area contributed by atoms with Gasteiger partial charge in [0.2, 0.25) is 0 Å². The van der Waals surface area contributed by atoms with Gasteiger partial charge >= 0.3 is 5.97 Å². The van der Waals surface area contributed by atoms with Crippen LogP contribution in [0.1, 0.15) is 39.0 Å². The second-order valence-corrected chi connectivity index (χ2v) is 6.07. The first-order chi connectivity index (χ1) is 7.62. The zero-order chi connectivity index (χ0) is 11.3. The van der Waals surface area contributed by atoms with E-state index in [9.17, 15) is 4.79 Å².